The zero-order chi connectivity index (χ0) is 19.2. The molecule has 0 radical (unpaired) electrons. The van der Waals surface area contributed by atoms with Crippen LogP contribution in [0.5, 0.6) is 0 Å². The van der Waals surface area contributed by atoms with Gasteiger partial charge in [-0.2, -0.15) is 4.31 Å². The van der Waals surface area contributed by atoms with E-state index in [9.17, 15) is 12.8 Å². The highest BCUT2D eigenvalue weighted by molar-refractivity contribution is 7.88. The fraction of sp³-hybridized carbons (Fsp3) is 0.333. The van der Waals surface area contributed by atoms with E-state index in [1.165, 1.54) is 24.0 Å². The van der Waals surface area contributed by atoms with Crippen LogP contribution in [0.1, 0.15) is 11.5 Å². The summed E-state index contributed by atoms with van der Waals surface area (Å²) in [6.45, 7) is 5.64. The Bertz CT molecular complexity index is 927. The Morgan fingerprint density at radius 2 is 1.56 bits per heavy atom. The summed E-state index contributed by atoms with van der Waals surface area (Å²) in [5.74, 6) is 0.0839. The van der Waals surface area contributed by atoms with E-state index in [4.69, 9.17) is 0 Å². The van der Waals surface area contributed by atoms with Gasteiger partial charge in [-0.15, -0.1) is 6.58 Å². The summed E-state index contributed by atoms with van der Waals surface area (Å²) in [6, 6.07) is 15.2. The Labute approximate surface area is 160 Å². The number of fused-ring (bicyclic) bond motifs is 2. The van der Waals surface area contributed by atoms with E-state index in [2.05, 4.69) is 35.7 Å². The molecule has 0 spiro atoms. The molecule has 0 aromatic heterocycles. The Kier molecular flexibility index (Phi) is 4.66. The largest absolute Gasteiger partial charge is 0.290 e. The third kappa shape index (κ3) is 3.33. The van der Waals surface area contributed by atoms with Gasteiger partial charge in [0.1, 0.15) is 5.82 Å². The predicted molar refractivity (Wildman–Crippen MR) is 105 cm³/mol. The maximum atomic E-state index is 13.1. The molecule has 2 aliphatic rings. The molecule has 142 valence electrons. The van der Waals surface area contributed by atoms with Gasteiger partial charge in [0.05, 0.1) is 6.26 Å². The molecule has 2 fully saturated rings. The van der Waals surface area contributed by atoms with Crippen molar-refractivity contribution in [3.05, 3.63) is 72.6 Å². The summed E-state index contributed by atoms with van der Waals surface area (Å²) in [4.78, 5) is 2.34. The number of rotatable bonds is 5. The number of hydrogen-bond acceptors (Lipinski definition) is 3. The van der Waals surface area contributed by atoms with Crippen molar-refractivity contribution in [2.45, 2.75) is 18.0 Å². The van der Waals surface area contributed by atoms with E-state index < -0.39 is 10.0 Å². The number of sulfonamides is 1. The molecule has 2 heterocycles. The SMILES string of the molecule is C=CCN1[C@@H]2CN(S(C)(=O)=O)C[C@H]1C2c1ccc(-c2ccc(F)cc2)cc1. The number of nitrogens with zero attached hydrogens (tertiary/aromatic N) is 2. The lowest BCUT2D eigenvalue weighted by atomic mass is 9.72. The molecule has 0 N–H and O–H groups in total. The second kappa shape index (κ2) is 6.86. The van der Waals surface area contributed by atoms with Crippen molar-refractivity contribution in [1.29, 1.82) is 0 Å². The first kappa shape index (κ1) is 18.3. The summed E-state index contributed by atoms with van der Waals surface area (Å²) >= 11 is 0. The minimum Gasteiger partial charge on any atom is -0.290 e. The van der Waals surface area contributed by atoms with E-state index in [1.807, 2.05) is 6.08 Å². The molecule has 2 saturated heterocycles. The average Bonchev–Trinajstić information content (AvgIpc) is 2.66. The quantitative estimate of drug-likeness (QED) is 0.742. The van der Waals surface area contributed by atoms with Crippen LogP contribution in [0.2, 0.25) is 0 Å². The standard InChI is InChI=1S/C21H23FN2O2S/c1-3-12-24-19-13-23(27(2,25)26)14-20(24)21(19)17-6-4-15(5-7-17)16-8-10-18(22)11-9-16/h3-11,19-21H,1,12-14H2,2H3/t19-,20+,21?. The van der Waals surface area contributed by atoms with Crippen LogP contribution >= 0.6 is 0 Å². The zero-order valence-electron chi connectivity index (χ0n) is 15.3. The molecule has 0 amide bonds. The maximum Gasteiger partial charge on any atom is 0.211 e. The van der Waals surface area contributed by atoms with Gasteiger partial charge < -0.3 is 0 Å². The van der Waals surface area contributed by atoms with Gasteiger partial charge in [0.25, 0.3) is 0 Å². The summed E-state index contributed by atoms with van der Waals surface area (Å²) in [5.41, 5.74) is 3.25. The smallest absolute Gasteiger partial charge is 0.211 e. The van der Waals surface area contributed by atoms with E-state index in [1.54, 1.807) is 16.4 Å². The number of halogens is 1. The van der Waals surface area contributed by atoms with E-state index >= 15 is 0 Å². The lowest BCUT2D eigenvalue weighted by Gasteiger charge is -2.61. The first-order chi connectivity index (χ1) is 12.9. The van der Waals surface area contributed by atoms with Crippen LogP contribution in [0.15, 0.2) is 61.2 Å². The van der Waals surface area contributed by atoms with Crippen LogP contribution in [-0.2, 0) is 10.0 Å². The van der Waals surface area contributed by atoms with Gasteiger partial charge in [-0.1, -0.05) is 42.5 Å². The predicted octanol–water partition coefficient (Wildman–Crippen LogP) is 3.09. The molecule has 2 aromatic rings. The molecule has 4 rings (SSSR count). The van der Waals surface area contributed by atoms with Crippen LogP contribution in [0.4, 0.5) is 4.39 Å². The molecule has 2 aromatic carbocycles. The third-order valence-electron chi connectivity index (χ3n) is 5.74. The molecule has 6 heteroatoms. The van der Waals surface area contributed by atoms with Crippen molar-refractivity contribution < 1.29 is 12.8 Å². The van der Waals surface area contributed by atoms with Crippen molar-refractivity contribution in [2.75, 3.05) is 25.9 Å². The van der Waals surface area contributed by atoms with E-state index in [0.717, 1.165) is 17.7 Å². The topological polar surface area (TPSA) is 40.6 Å². The first-order valence-electron chi connectivity index (χ1n) is 9.06. The Morgan fingerprint density at radius 1 is 1.04 bits per heavy atom. The van der Waals surface area contributed by atoms with Crippen molar-refractivity contribution in [3.63, 3.8) is 0 Å². The molecule has 4 nitrogen and oxygen atoms in total. The highest BCUT2D eigenvalue weighted by Crippen LogP contribution is 2.45. The molecule has 2 bridgehead atoms. The summed E-state index contributed by atoms with van der Waals surface area (Å²) < 4.78 is 38.6. The Morgan fingerprint density at radius 3 is 2.04 bits per heavy atom. The lowest BCUT2D eigenvalue weighted by Crippen LogP contribution is -2.73. The number of piperazine rings is 1. The van der Waals surface area contributed by atoms with Crippen molar-refractivity contribution in [2.24, 2.45) is 0 Å². The highest BCUT2D eigenvalue weighted by atomic mass is 32.2. The van der Waals surface area contributed by atoms with Gasteiger partial charge in [0.2, 0.25) is 10.0 Å². The monoisotopic (exact) mass is 386 g/mol. The zero-order valence-corrected chi connectivity index (χ0v) is 16.1. The first-order valence-corrected chi connectivity index (χ1v) is 10.9. The number of hydrogen-bond donors (Lipinski definition) is 0. The van der Waals surface area contributed by atoms with Gasteiger partial charge in [0.15, 0.2) is 0 Å². The second-order valence-corrected chi connectivity index (χ2v) is 9.34. The molecule has 27 heavy (non-hydrogen) atoms. The van der Waals surface area contributed by atoms with Crippen LogP contribution < -0.4 is 0 Å². The second-order valence-electron chi connectivity index (χ2n) is 7.35. The van der Waals surface area contributed by atoms with E-state index in [-0.39, 0.29) is 17.9 Å². The minimum atomic E-state index is -3.17. The highest BCUT2D eigenvalue weighted by Gasteiger charge is 2.54. The van der Waals surface area contributed by atoms with Gasteiger partial charge in [0, 0.05) is 37.6 Å². The molecule has 0 aliphatic carbocycles. The van der Waals surface area contributed by atoms with Gasteiger partial charge in [-0.3, -0.25) is 4.90 Å². The number of piperidine rings is 1. The molecule has 3 atom stereocenters. The van der Waals surface area contributed by atoms with Gasteiger partial charge >= 0.3 is 0 Å². The van der Waals surface area contributed by atoms with Crippen LogP contribution in [-0.4, -0.2) is 55.6 Å². The molecule has 1 unspecified atom stereocenters. The third-order valence-corrected chi connectivity index (χ3v) is 6.98. The van der Waals surface area contributed by atoms with Crippen molar-refractivity contribution in [1.82, 2.24) is 9.21 Å². The van der Waals surface area contributed by atoms with E-state index in [0.29, 0.717) is 19.0 Å². The van der Waals surface area contributed by atoms with Crippen molar-refractivity contribution in [3.8, 4) is 11.1 Å². The lowest BCUT2D eigenvalue weighted by molar-refractivity contribution is -0.0599. The molecular weight excluding hydrogens is 363 g/mol. The summed E-state index contributed by atoms with van der Waals surface area (Å²) in [7, 11) is -3.17. The fourth-order valence-electron chi connectivity index (χ4n) is 4.42. The van der Waals surface area contributed by atoms with Gasteiger partial charge in [-0.05, 0) is 28.8 Å². The van der Waals surface area contributed by atoms with Gasteiger partial charge in [-0.25, -0.2) is 12.8 Å². The molecule has 0 saturated carbocycles. The summed E-state index contributed by atoms with van der Waals surface area (Å²) in [6.07, 6.45) is 3.16. The molecular formula is C21H23FN2O2S. The maximum absolute atomic E-state index is 13.1. The Balaban J connectivity index is 1.56. The van der Waals surface area contributed by atoms with Crippen LogP contribution in [0.25, 0.3) is 11.1 Å². The number of benzene rings is 2. The minimum absolute atomic E-state index is 0.174. The Hall–Kier alpha value is -2.02. The van der Waals surface area contributed by atoms with Crippen molar-refractivity contribution >= 4 is 10.0 Å². The average molecular weight is 386 g/mol. The van der Waals surface area contributed by atoms with Crippen LogP contribution in [0, 0.1) is 5.82 Å². The molecule has 2 aliphatic heterocycles. The van der Waals surface area contributed by atoms with Crippen LogP contribution in [0.3, 0.4) is 0 Å². The fourth-order valence-corrected chi connectivity index (χ4v) is 5.26. The summed E-state index contributed by atoms with van der Waals surface area (Å²) in [5, 5.41) is 0. The normalized spacial score (nSPS) is 25.8.